The summed E-state index contributed by atoms with van der Waals surface area (Å²) in [7, 11) is 16.5. The van der Waals surface area contributed by atoms with Crippen LogP contribution in [0.15, 0.2) is 176 Å². The fraction of sp³-hybridized carbons (Fsp3) is 0.213. The molecule has 0 bridgehead atoms. The Balaban J connectivity index is 0.000000343. The van der Waals surface area contributed by atoms with Gasteiger partial charge in [0.2, 0.25) is 22.1 Å². The predicted octanol–water partition coefficient (Wildman–Crippen LogP) is 7.55. The molecular formula is C61H68Br4ClN7S4. The van der Waals surface area contributed by atoms with Gasteiger partial charge in [0, 0.05) is 94.7 Å². The molecule has 4 heterocycles. The monoisotopic (exact) mass is 1380 g/mol. The molecule has 0 spiro atoms. The van der Waals surface area contributed by atoms with Crippen molar-refractivity contribution in [1.82, 2.24) is 24.1 Å². The van der Waals surface area contributed by atoms with Crippen molar-refractivity contribution in [2.75, 3.05) is 66.2 Å². The van der Waals surface area contributed by atoms with Crippen LogP contribution in [0.1, 0.15) is 40.8 Å². The van der Waals surface area contributed by atoms with Crippen molar-refractivity contribution in [2.24, 2.45) is 0 Å². The van der Waals surface area contributed by atoms with Crippen molar-refractivity contribution < 1.29 is 46.4 Å². The van der Waals surface area contributed by atoms with Crippen LogP contribution in [-0.2, 0) is 6.42 Å². The number of anilines is 2. The van der Waals surface area contributed by atoms with Gasteiger partial charge in [0.25, 0.3) is 9.40 Å². The SMILES string of the molecule is Brc1ccc2nc3ccc(Br)cc3[s+]c2c1.C.C.C.C.CN(C)c1ccc2nc3ccc(=[N+](C)C)cc-3sc2c1.CN(C)c1ccc2nc3ccc(=[N+](C)C)cc-3sc2c1.[Br-].[Br-].[Cl-].c1ccc2c(c1)Cc1ccccc1S2. The Morgan fingerprint density at radius 2 is 0.857 bits per heavy atom. The Labute approximate surface area is 517 Å². The van der Waals surface area contributed by atoms with Crippen LogP contribution in [0.2, 0.25) is 0 Å². The van der Waals surface area contributed by atoms with E-state index in [2.05, 4.69) is 246 Å². The Morgan fingerprint density at radius 3 is 1.25 bits per heavy atom. The number of halogens is 5. The zero-order chi connectivity index (χ0) is 49.1. The van der Waals surface area contributed by atoms with Gasteiger partial charge in [0.15, 0.2) is 0 Å². The summed E-state index contributed by atoms with van der Waals surface area (Å²) in [5.74, 6) is 0. The molecule has 0 atom stereocenters. The van der Waals surface area contributed by atoms with Crippen molar-refractivity contribution in [3.8, 4) is 21.1 Å². The molecule has 0 radical (unpaired) electrons. The second kappa shape index (κ2) is 30.8. The second-order valence-electron chi connectivity index (χ2n) is 17.5. The van der Waals surface area contributed by atoms with Crippen molar-refractivity contribution >= 4 is 130 Å². The summed E-state index contributed by atoms with van der Waals surface area (Å²) in [6.07, 6.45) is 1.08. The van der Waals surface area contributed by atoms with E-state index in [4.69, 9.17) is 9.97 Å². The largest absolute Gasteiger partial charge is 1.00 e. The van der Waals surface area contributed by atoms with Gasteiger partial charge in [0.05, 0.1) is 41.6 Å². The highest BCUT2D eigenvalue weighted by molar-refractivity contribution is 9.10. The quantitative estimate of drug-likeness (QED) is 0.101. The van der Waals surface area contributed by atoms with Gasteiger partial charge < -0.3 is 56.2 Å². The summed E-state index contributed by atoms with van der Waals surface area (Å²) in [4.78, 5) is 23.6. The van der Waals surface area contributed by atoms with Crippen LogP contribution in [-0.4, -0.2) is 71.3 Å². The molecule has 5 aliphatic rings. The van der Waals surface area contributed by atoms with E-state index in [1.807, 2.05) is 36.0 Å². The van der Waals surface area contributed by atoms with Gasteiger partial charge in [-0.3, -0.25) is 0 Å². The zero-order valence-corrected chi connectivity index (χ0v) is 51.7. The predicted molar refractivity (Wildman–Crippen MR) is 339 cm³/mol. The van der Waals surface area contributed by atoms with Crippen LogP contribution in [0, 0.1) is 0 Å². The van der Waals surface area contributed by atoms with Crippen LogP contribution in [0.25, 0.3) is 62.0 Å². The minimum atomic E-state index is 0. The first-order valence-electron chi connectivity index (χ1n) is 22.6. The molecule has 0 amide bonds. The summed E-state index contributed by atoms with van der Waals surface area (Å²) >= 11 is 14.2. The van der Waals surface area contributed by atoms with E-state index < -0.39 is 0 Å². The minimum absolute atomic E-state index is 0. The van der Waals surface area contributed by atoms with Gasteiger partial charge in [-0.25, -0.2) is 24.1 Å². The Bertz CT molecular complexity index is 3520. The summed E-state index contributed by atoms with van der Waals surface area (Å²) in [6.45, 7) is 0. The Kier molecular flexibility index (Phi) is 27.5. The zero-order valence-electron chi connectivity index (χ0n) is 41.4. The maximum absolute atomic E-state index is 4.75. The first-order valence-corrected chi connectivity index (χ1v) is 27.5. The number of hydrogen-bond acceptors (Lipinski definition) is 8. The maximum atomic E-state index is 4.75. The number of nitrogens with zero attached hydrogens (tertiary/aromatic N) is 7. The highest BCUT2D eigenvalue weighted by Crippen LogP contribution is 2.39. The molecule has 12 rings (SSSR count). The molecule has 1 aromatic heterocycles. The molecule has 0 saturated carbocycles. The topological polar surface area (TPSA) is 51.2 Å². The van der Waals surface area contributed by atoms with Gasteiger partial charge >= 0.3 is 0 Å². The van der Waals surface area contributed by atoms with Crippen molar-refractivity contribution in [3.63, 3.8) is 0 Å². The second-order valence-corrected chi connectivity index (χ2v) is 23.7. The number of hydrogen-bond donors (Lipinski definition) is 0. The van der Waals surface area contributed by atoms with Gasteiger partial charge in [-0.05, 0) is 102 Å². The third-order valence-electron chi connectivity index (χ3n) is 11.6. The van der Waals surface area contributed by atoms with Crippen molar-refractivity contribution in [1.29, 1.82) is 0 Å². The van der Waals surface area contributed by atoms with E-state index in [-0.39, 0.29) is 76.1 Å². The van der Waals surface area contributed by atoms with Gasteiger partial charge in [-0.1, -0.05) is 110 Å². The number of aromatic nitrogens is 3. The summed E-state index contributed by atoms with van der Waals surface area (Å²) in [5, 5.41) is 2.41. The Hall–Kier alpha value is -4.42. The van der Waals surface area contributed by atoms with E-state index in [0.29, 0.717) is 0 Å². The van der Waals surface area contributed by atoms with Crippen LogP contribution < -0.4 is 76.0 Å². The van der Waals surface area contributed by atoms with Gasteiger partial charge in [-0.2, -0.15) is 0 Å². The van der Waals surface area contributed by atoms with Crippen LogP contribution in [0.5, 0.6) is 0 Å². The number of benzene rings is 8. The highest BCUT2D eigenvalue weighted by atomic mass is 79.9. The molecule has 3 aliphatic heterocycles. The first kappa shape index (κ1) is 68.7. The molecule has 77 heavy (non-hydrogen) atoms. The number of rotatable bonds is 2. The first-order chi connectivity index (χ1) is 33.7. The molecule has 0 unspecified atom stereocenters. The molecule has 7 aromatic rings. The fourth-order valence-electron chi connectivity index (χ4n) is 7.71. The molecule has 0 fully saturated rings. The van der Waals surface area contributed by atoms with Gasteiger partial charge in [0.1, 0.15) is 39.2 Å². The number of fused-ring (bicyclic) bond motifs is 8. The van der Waals surface area contributed by atoms with Crippen LogP contribution in [0.4, 0.5) is 11.4 Å². The fourth-order valence-corrected chi connectivity index (χ4v) is 12.9. The summed E-state index contributed by atoms with van der Waals surface area (Å²) in [6, 6.07) is 55.3. The van der Waals surface area contributed by atoms with E-state index in [0.717, 1.165) is 48.8 Å². The van der Waals surface area contributed by atoms with Crippen LogP contribution in [0.3, 0.4) is 0 Å². The molecule has 0 N–H and O–H groups in total. The summed E-state index contributed by atoms with van der Waals surface area (Å²) < 4.78 is 11.2. The molecule has 0 saturated heterocycles. The highest BCUT2D eigenvalue weighted by Gasteiger charge is 2.16. The standard InChI is InChI=1S/2C16H18N3S.C13H10S.C12H6Br2NS.4CH4.2BrH.ClH/c2*1-18(2)11-5-7-13-15(9-11)20-16-10-12(19(3)4)6-8-14(16)17-13;1-3-7-12-10(5-1)9-11-6-2-4-8-13(11)14-12;13-7-1-3-9-11(5-7)16-12-6-8(14)2-4-10(12)15-9;;;;;;;/h2*5-10H,1-4H3;1-8H,9H2;1-6H;4*1H4;3*1H/q2*+1;;+1;;;;;;;/p-3. The third-order valence-corrected chi connectivity index (χ3v) is 17.1. The smallest absolute Gasteiger partial charge is 0.258 e. The van der Waals surface area contributed by atoms with Crippen molar-refractivity contribution in [2.45, 2.75) is 45.9 Å². The van der Waals surface area contributed by atoms with E-state index in [9.17, 15) is 0 Å². The van der Waals surface area contributed by atoms with E-state index in [1.54, 1.807) is 34.0 Å². The van der Waals surface area contributed by atoms with Gasteiger partial charge in [-0.15, -0.1) is 22.7 Å². The van der Waals surface area contributed by atoms with Crippen LogP contribution >= 0.6 is 77.6 Å². The lowest BCUT2D eigenvalue weighted by Crippen LogP contribution is -3.00. The lowest BCUT2D eigenvalue weighted by atomic mass is 10.0. The average Bonchev–Trinajstić information content (AvgIpc) is 3.36. The average molecular weight is 1380 g/mol. The Morgan fingerprint density at radius 1 is 0.468 bits per heavy atom. The van der Waals surface area contributed by atoms with E-state index in [1.165, 1.54) is 71.6 Å². The third kappa shape index (κ3) is 16.8. The molecule has 6 aromatic carbocycles. The van der Waals surface area contributed by atoms with E-state index >= 15 is 0 Å². The normalized spacial score (nSPS) is 10.4. The minimum Gasteiger partial charge on any atom is -1.00 e. The lowest BCUT2D eigenvalue weighted by molar-refractivity contribution is -0.00100. The molecule has 7 nitrogen and oxygen atoms in total. The molecule has 16 heteroatoms. The molecule has 406 valence electrons. The van der Waals surface area contributed by atoms with Crippen molar-refractivity contribution in [3.05, 3.63) is 189 Å². The molecular weight excluding hydrogens is 1310 g/mol. The summed E-state index contributed by atoms with van der Waals surface area (Å²) in [5.41, 5.74) is 11.7. The molecule has 2 aliphatic carbocycles. The maximum Gasteiger partial charge on any atom is 0.258 e. The lowest BCUT2D eigenvalue weighted by Gasteiger charge is -2.17.